The molecule has 5 aromatic heterocycles. The summed E-state index contributed by atoms with van der Waals surface area (Å²) in [5.41, 5.74) is 21.5. The van der Waals surface area contributed by atoms with Crippen molar-refractivity contribution < 1.29 is 4.42 Å². The van der Waals surface area contributed by atoms with Gasteiger partial charge >= 0.3 is 0 Å². The van der Waals surface area contributed by atoms with Crippen molar-refractivity contribution in [1.82, 2.24) is 28.7 Å². The quantitative estimate of drug-likeness (QED) is 0.144. The van der Waals surface area contributed by atoms with Crippen LogP contribution < -0.4 is 0 Å². The van der Waals surface area contributed by atoms with Crippen molar-refractivity contribution in [3.05, 3.63) is 303 Å². The summed E-state index contributed by atoms with van der Waals surface area (Å²) in [6.07, 6.45) is 0. The van der Waals surface area contributed by atoms with Crippen molar-refractivity contribution >= 4 is 87.4 Å². The number of furan rings is 1. The first-order chi connectivity index (χ1) is 43.6. The molecule has 0 fully saturated rings. The number of para-hydroxylation sites is 3. The molecular weight excluding hydrogens is 1070 g/mol. The predicted octanol–water partition coefficient (Wildman–Crippen LogP) is 21.1. The topological polar surface area (TPSA) is 66.6 Å². The van der Waals surface area contributed by atoms with Gasteiger partial charge in [0.15, 0.2) is 17.5 Å². The molecule has 0 aliphatic rings. The number of fused-ring (bicyclic) bond motifs is 12. The second-order valence-electron chi connectivity index (χ2n) is 22.7. The van der Waals surface area contributed by atoms with Crippen molar-refractivity contribution in [1.29, 1.82) is 0 Å². The maximum Gasteiger partial charge on any atom is 0.164 e. The summed E-state index contributed by atoms with van der Waals surface area (Å²) >= 11 is 0. The molecule has 0 spiro atoms. The van der Waals surface area contributed by atoms with E-state index in [-0.39, 0.29) is 0 Å². The molecular formula is C81H50N6O. The van der Waals surface area contributed by atoms with Gasteiger partial charge < -0.3 is 18.1 Å². The van der Waals surface area contributed by atoms with Crippen LogP contribution in [0.25, 0.3) is 172 Å². The van der Waals surface area contributed by atoms with E-state index in [1.807, 2.05) is 60.7 Å². The van der Waals surface area contributed by atoms with Gasteiger partial charge in [0.1, 0.15) is 11.2 Å². The third-order valence-electron chi connectivity index (χ3n) is 17.7. The Morgan fingerprint density at radius 3 is 1.19 bits per heavy atom. The molecule has 18 aromatic rings. The van der Waals surface area contributed by atoms with Gasteiger partial charge in [0, 0.05) is 76.8 Å². The summed E-state index contributed by atoms with van der Waals surface area (Å²) in [4.78, 5) is 15.1. The molecule has 13 aromatic carbocycles. The molecule has 18 rings (SSSR count). The van der Waals surface area contributed by atoms with E-state index in [1.165, 1.54) is 60.2 Å². The SMILES string of the molecule is c1ccc(-c2ccc3c(c2)c2cc(-c4ccc5c(c4)c4ccccc4n5-c4ccccc4)ccc2n3-c2ccc3oc4ccc(-n5c6ccccc6c6c(-c7cccc(-c8nc(-c9ccccc9)nc(-c9ccccc9)n8)c7)cccc65)cc4c3c2)cc1. The van der Waals surface area contributed by atoms with E-state index in [0.717, 1.165) is 94.3 Å². The summed E-state index contributed by atoms with van der Waals surface area (Å²) in [5, 5.41) is 9.27. The molecule has 5 heterocycles. The van der Waals surface area contributed by atoms with Gasteiger partial charge in [-0.05, 0) is 143 Å². The van der Waals surface area contributed by atoms with Gasteiger partial charge in [-0.15, -0.1) is 0 Å². The second kappa shape index (κ2) is 19.8. The van der Waals surface area contributed by atoms with Gasteiger partial charge in [-0.2, -0.15) is 0 Å². The second-order valence-corrected chi connectivity index (χ2v) is 22.7. The molecule has 0 saturated carbocycles. The summed E-state index contributed by atoms with van der Waals surface area (Å²) in [6.45, 7) is 0. The smallest absolute Gasteiger partial charge is 0.164 e. The van der Waals surface area contributed by atoms with E-state index < -0.39 is 0 Å². The zero-order valence-corrected chi connectivity index (χ0v) is 47.5. The largest absolute Gasteiger partial charge is 0.456 e. The highest BCUT2D eigenvalue weighted by Crippen LogP contribution is 2.44. The number of rotatable bonds is 9. The fourth-order valence-corrected chi connectivity index (χ4v) is 13.6. The van der Waals surface area contributed by atoms with E-state index in [4.69, 9.17) is 19.4 Å². The molecule has 0 saturated heterocycles. The molecule has 7 heteroatoms. The van der Waals surface area contributed by atoms with E-state index in [2.05, 4.69) is 256 Å². The summed E-state index contributed by atoms with van der Waals surface area (Å²) < 4.78 is 13.9. The zero-order chi connectivity index (χ0) is 57.8. The van der Waals surface area contributed by atoms with Crippen molar-refractivity contribution in [3.8, 4) is 84.6 Å². The first kappa shape index (κ1) is 49.5. The Bertz CT molecular complexity index is 5740. The third-order valence-corrected chi connectivity index (χ3v) is 17.7. The molecule has 0 bridgehead atoms. The minimum absolute atomic E-state index is 0.617. The first-order valence-corrected chi connectivity index (χ1v) is 29.8. The monoisotopic (exact) mass is 1120 g/mol. The van der Waals surface area contributed by atoms with E-state index >= 15 is 0 Å². The van der Waals surface area contributed by atoms with E-state index in [0.29, 0.717) is 17.5 Å². The highest BCUT2D eigenvalue weighted by Gasteiger charge is 2.22. The highest BCUT2D eigenvalue weighted by molar-refractivity contribution is 6.17. The zero-order valence-electron chi connectivity index (χ0n) is 47.5. The van der Waals surface area contributed by atoms with Crippen LogP contribution in [-0.4, -0.2) is 28.7 Å². The van der Waals surface area contributed by atoms with Gasteiger partial charge in [-0.1, -0.05) is 194 Å². The molecule has 0 amide bonds. The predicted molar refractivity (Wildman–Crippen MR) is 363 cm³/mol. The minimum Gasteiger partial charge on any atom is -0.456 e. The number of hydrogen-bond donors (Lipinski definition) is 0. The molecule has 88 heavy (non-hydrogen) atoms. The lowest BCUT2D eigenvalue weighted by Gasteiger charge is -2.11. The van der Waals surface area contributed by atoms with Crippen LogP contribution in [0.4, 0.5) is 0 Å². The van der Waals surface area contributed by atoms with Gasteiger partial charge in [0.2, 0.25) is 0 Å². The van der Waals surface area contributed by atoms with Crippen LogP contribution in [0.2, 0.25) is 0 Å². The van der Waals surface area contributed by atoms with Gasteiger partial charge in [-0.25, -0.2) is 15.0 Å². The first-order valence-electron chi connectivity index (χ1n) is 29.8. The van der Waals surface area contributed by atoms with Crippen LogP contribution in [0, 0.1) is 0 Å². The lowest BCUT2D eigenvalue weighted by atomic mass is 9.97. The number of hydrogen-bond acceptors (Lipinski definition) is 4. The van der Waals surface area contributed by atoms with Crippen molar-refractivity contribution in [2.45, 2.75) is 0 Å². The number of benzene rings is 13. The van der Waals surface area contributed by atoms with Crippen LogP contribution in [0.1, 0.15) is 0 Å². The van der Waals surface area contributed by atoms with Crippen LogP contribution in [0.3, 0.4) is 0 Å². The molecule has 0 aliphatic carbocycles. The van der Waals surface area contributed by atoms with Crippen LogP contribution in [-0.2, 0) is 0 Å². The average Bonchev–Trinajstić information content (AvgIpc) is 2.49. The Hall–Kier alpha value is -11.9. The van der Waals surface area contributed by atoms with Crippen molar-refractivity contribution in [3.63, 3.8) is 0 Å². The van der Waals surface area contributed by atoms with E-state index in [1.54, 1.807) is 0 Å². The lowest BCUT2D eigenvalue weighted by Crippen LogP contribution is -2.00. The Kier molecular flexibility index (Phi) is 11.2. The average molecular weight is 1120 g/mol. The molecule has 0 N–H and O–H groups in total. The number of nitrogens with zero attached hydrogens (tertiary/aromatic N) is 6. The fraction of sp³-hybridized carbons (Fsp3) is 0. The number of aromatic nitrogens is 6. The summed E-state index contributed by atoms with van der Waals surface area (Å²) in [5.74, 6) is 1.88. The molecule has 0 aliphatic heterocycles. The van der Waals surface area contributed by atoms with Crippen LogP contribution in [0.5, 0.6) is 0 Å². The molecule has 410 valence electrons. The molecule has 0 atom stereocenters. The highest BCUT2D eigenvalue weighted by atomic mass is 16.3. The third kappa shape index (κ3) is 7.95. The Morgan fingerprint density at radius 2 is 0.614 bits per heavy atom. The van der Waals surface area contributed by atoms with Crippen molar-refractivity contribution in [2.75, 3.05) is 0 Å². The van der Waals surface area contributed by atoms with Crippen LogP contribution in [0.15, 0.2) is 308 Å². The molecule has 0 unspecified atom stereocenters. The van der Waals surface area contributed by atoms with Gasteiger partial charge in [0.05, 0.1) is 33.1 Å². The molecule has 0 radical (unpaired) electrons. The Morgan fingerprint density at radius 1 is 0.216 bits per heavy atom. The van der Waals surface area contributed by atoms with Crippen LogP contribution >= 0.6 is 0 Å². The summed E-state index contributed by atoms with van der Waals surface area (Å²) in [7, 11) is 0. The summed E-state index contributed by atoms with van der Waals surface area (Å²) in [6, 6.07) is 108. The maximum absolute atomic E-state index is 6.72. The molecule has 7 nitrogen and oxygen atoms in total. The van der Waals surface area contributed by atoms with Crippen molar-refractivity contribution in [2.24, 2.45) is 0 Å². The maximum atomic E-state index is 6.72. The Balaban J connectivity index is 0.764. The normalized spacial score (nSPS) is 11.9. The minimum atomic E-state index is 0.617. The lowest BCUT2D eigenvalue weighted by molar-refractivity contribution is 0.669. The van der Waals surface area contributed by atoms with E-state index in [9.17, 15) is 0 Å². The van der Waals surface area contributed by atoms with Gasteiger partial charge in [-0.3, -0.25) is 0 Å². The fourth-order valence-electron chi connectivity index (χ4n) is 13.6. The Labute approximate surface area is 505 Å². The van der Waals surface area contributed by atoms with Gasteiger partial charge in [0.25, 0.3) is 0 Å². The standard InChI is InChI=1S/C81H50N6O/c1-5-19-51(20-6-1)54-35-40-73-66(46-54)67-48-56(55-36-41-72-65(47-55)63-29-13-15-32-70(63)85(72)59-27-11-4-12-28-59)37-42-74(67)86(73)60-38-43-76-68(49-60)69-50-61(39-44-77(69)88-76)87-71-33-16-14-30-64(71)78-62(31-18-34-75(78)87)57-25-17-26-58(45-57)81-83-79(52-21-7-2-8-22-52)82-80(84-81)53-23-9-3-10-24-53/h1-50H.